The highest BCUT2D eigenvalue weighted by Gasteiger charge is 2.26. The molecule has 11 heteroatoms. The van der Waals surface area contributed by atoms with Crippen LogP contribution in [-0.2, 0) is 4.74 Å². The van der Waals surface area contributed by atoms with Crippen LogP contribution in [0.3, 0.4) is 0 Å². The van der Waals surface area contributed by atoms with Gasteiger partial charge in [-0.25, -0.2) is 14.2 Å². The molecule has 2 amide bonds. The van der Waals surface area contributed by atoms with Crippen molar-refractivity contribution >= 4 is 61.4 Å². The molecule has 0 unspecified atom stereocenters. The average Bonchev–Trinajstić information content (AvgIpc) is 3.20. The first-order valence-corrected chi connectivity index (χ1v) is 11.5. The van der Waals surface area contributed by atoms with Crippen LogP contribution >= 0.6 is 27.3 Å². The predicted octanol–water partition coefficient (Wildman–Crippen LogP) is 4.12. The minimum atomic E-state index is -0.632. The molecule has 2 N–H and O–H groups in total. The van der Waals surface area contributed by atoms with Gasteiger partial charge in [0.05, 0.1) is 12.7 Å². The van der Waals surface area contributed by atoms with Crippen molar-refractivity contribution < 1.29 is 19.1 Å². The highest BCUT2D eigenvalue weighted by molar-refractivity contribution is 9.10. The Morgan fingerprint density at radius 3 is 2.18 bits per heavy atom. The summed E-state index contributed by atoms with van der Waals surface area (Å²) in [5.74, 6) is -1.73. The summed E-state index contributed by atoms with van der Waals surface area (Å²) in [5.41, 5.74) is 1.08. The van der Waals surface area contributed by atoms with E-state index in [9.17, 15) is 19.2 Å². The van der Waals surface area contributed by atoms with Gasteiger partial charge in [0.2, 0.25) is 0 Å². The van der Waals surface area contributed by atoms with E-state index in [2.05, 4.69) is 36.3 Å². The van der Waals surface area contributed by atoms with Crippen molar-refractivity contribution in [1.82, 2.24) is 9.38 Å². The quantitative estimate of drug-likeness (QED) is 0.367. The highest BCUT2D eigenvalue weighted by atomic mass is 79.9. The molecule has 0 atom stereocenters. The third-order valence-electron chi connectivity index (χ3n) is 4.74. The number of carbonyl (C=O) groups excluding carboxylic acids is 3. The third-order valence-corrected chi connectivity index (χ3v) is 6.30. The number of thiazole rings is 1. The van der Waals surface area contributed by atoms with Crippen LogP contribution in [0.4, 0.5) is 11.4 Å². The summed E-state index contributed by atoms with van der Waals surface area (Å²) < 4.78 is 6.63. The van der Waals surface area contributed by atoms with Crippen molar-refractivity contribution in [1.29, 1.82) is 0 Å². The molecular weight excluding hydrogens is 524 g/mol. The maximum Gasteiger partial charge on any atom is 0.337 e. The van der Waals surface area contributed by atoms with Gasteiger partial charge in [0.1, 0.15) is 10.6 Å². The molecule has 0 saturated heterocycles. The fourth-order valence-electron chi connectivity index (χ4n) is 3.16. The summed E-state index contributed by atoms with van der Waals surface area (Å²) in [6.07, 6.45) is 0. The number of ether oxygens (including phenoxy) is 1. The summed E-state index contributed by atoms with van der Waals surface area (Å²) in [7, 11) is 1.28. The number of anilines is 2. The van der Waals surface area contributed by atoms with Gasteiger partial charge in [0.15, 0.2) is 4.96 Å². The summed E-state index contributed by atoms with van der Waals surface area (Å²) in [4.78, 5) is 55.2. The molecule has 0 aliphatic heterocycles. The molecule has 34 heavy (non-hydrogen) atoms. The van der Waals surface area contributed by atoms with Crippen LogP contribution in [0.5, 0.6) is 0 Å². The minimum Gasteiger partial charge on any atom is -0.465 e. The molecule has 2 aromatic carbocycles. The lowest BCUT2D eigenvalue weighted by Gasteiger charge is -2.09. The van der Waals surface area contributed by atoms with Gasteiger partial charge in [-0.05, 0) is 55.5 Å². The molecule has 0 saturated carbocycles. The van der Waals surface area contributed by atoms with E-state index in [-0.39, 0.29) is 15.5 Å². The number of nitrogens with zero attached hydrogens (tertiary/aromatic N) is 2. The molecule has 0 radical (unpaired) electrons. The summed E-state index contributed by atoms with van der Waals surface area (Å²) in [6.45, 7) is 1.66. The van der Waals surface area contributed by atoms with Gasteiger partial charge in [-0.15, -0.1) is 0 Å². The molecule has 4 rings (SSSR count). The van der Waals surface area contributed by atoms with Gasteiger partial charge in [-0.2, -0.15) is 0 Å². The van der Waals surface area contributed by atoms with E-state index >= 15 is 0 Å². The van der Waals surface area contributed by atoms with Crippen molar-refractivity contribution in [2.45, 2.75) is 6.92 Å². The Morgan fingerprint density at radius 2 is 1.56 bits per heavy atom. The molecule has 2 aromatic heterocycles. The van der Waals surface area contributed by atoms with Crippen LogP contribution in [0, 0.1) is 6.92 Å². The fraction of sp³-hybridized carbons (Fsp3) is 0.0870. The number of rotatable bonds is 5. The Balaban J connectivity index is 1.72. The van der Waals surface area contributed by atoms with Crippen LogP contribution in [0.15, 0.2) is 63.9 Å². The second kappa shape index (κ2) is 9.57. The predicted molar refractivity (Wildman–Crippen MR) is 132 cm³/mol. The van der Waals surface area contributed by atoms with Crippen LogP contribution < -0.4 is 16.2 Å². The number of methoxy groups -OCH3 is 1. The van der Waals surface area contributed by atoms with Crippen molar-refractivity contribution in [3.8, 4) is 0 Å². The lowest BCUT2D eigenvalue weighted by atomic mass is 10.2. The minimum absolute atomic E-state index is 0.0156. The van der Waals surface area contributed by atoms with E-state index < -0.39 is 23.3 Å². The number of carbonyl (C=O) groups is 3. The zero-order valence-corrected chi connectivity index (χ0v) is 20.3. The molecule has 4 aromatic rings. The second-order valence-electron chi connectivity index (χ2n) is 7.12. The number of fused-ring (bicyclic) bond motifs is 1. The van der Waals surface area contributed by atoms with E-state index in [4.69, 9.17) is 0 Å². The number of hydrogen-bond acceptors (Lipinski definition) is 7. The van der Waals surface area contributed by atoms with Gasteiger partial charge in [0, 0.05) is 27.6 Å². The van der Waals surface area contributed by atoms with Crippen molar-refractivity contribution in [3.05, 3.63) is 91.3 Å². The Morgan fingerprint density at radius 1 is 0.971 bits per heavy atom. The first kappa shape index (κ1) is 23.3. The normalized spacial score (nSPS) is 10.7. The second-order valence-corrected chi connectivity index (χ2v) is 9.01. The van der Waals surface area contributed by atoms with Crippen molar-refractivity contribution in [2.75, 3.05) is 17.7 Å². The maximum absolute atomic E-state index is 13.2. The molecule has 0 bridgehead atoms. The lowest BCUT2D eigenvalue weighted by molar-refractivity contribution is 0.0600. The number of halogens is 1. The van der Waals surface area contributed by atoms with E-state index in [1.54, 1.807) is 31.2 Å². The van der Waals surface area contributed by atoms with Gasteiger partial charge >= 0.3 is 5.97 Å². The van der Waals surface area contributed by atoms with E-state index in [0.29, 0.717) is 22.6 Å². The fourth-order valence-corrected chi connectivity index (χ4v) is 4.50. The molecule has 9 nitrogen and oxygen atoms in total. The van der Waals surface area contributed by atoms with Gasteiger partial charge in [0.25, 0.3) is 17.4 Å². The zero-order chi connectivity index (χ0) is 24.4. The number of aromatic nitrogens is 2. The van der Waals surface area contributed by atoms with Crippen LogP contribution in [-0.4, -0.2) is 34.3 Å². The molecule has 0 aliphatic rings. The number of hydrogen-bond donors (Lipinski definition) is 2. The maximum atomic E-state index is 13.2. The molecule has 0 fully saturated rings. The van der Waals surface area contributed by atoms with Crippen molar-refractivity contribution in [3.63, 3.8) is 0 Å². The highest BCUT2D eigenvalue weighted by Crippen LogP contribution is 2.24. The summed E-state index contributed by atoms with van der Waals surface area (Å²) in [6, 6.07) is 14.2. The number of nitrogens with one attached hydrogen (secondary N) is 2. The summed E-state index contributed by atoms with van der Waals surface area (Å²) in [5, 5.41) is 5.41. The number of aryl methyl sites for hydroxylation is 1. The summed E-state index contributed by atoms with van der Waals surface area (Å²) >= 11 is 4.26. The topological polar surface area (TPSA) is 119 Å². The largest absolute Gasteiger partial charge is 0.465 e. The Kier molecular flexibility index (Phi) is 6.57. The van der Waals surface area contributed by atoms with Crippen LogP contribution in [0.1, 0.15) is 36.2 Å². The first-order chi connectivity index (χ1) is 16.3. The van der Waals surface area contributed by atoms with Gasteiger partial charge in [-0.3, -0.25) is 14.4 Å². The zero-order valence-electron chi connectivity index (χ0n) is 17.9. The van der Waals surface area contributed by atoms with Crippen LogP contribution in [0.25, 0.3) is 4.96 Å². The van der Waals surface area contributed by atoms with E-state index in [1.807, 2.05) is 0 Å². The number of esters is 1. The first-order valence-electron chi connectivity index (χ1n) is 9.86. The van der Waals surface area contributed by atoms with E-state index in [1.165, 1.54) is 37.4 Å². The monoisotopic (exact) mass is 540 g/mol. The molecule has 172 valence electrons. The molecule has 0 spiro atoms. The lowest BCUT2D eigenvalue weighted by Crippen LogP contribution is -2.25. The number of benzene rings is 2. The van der Waals surface area contributed by atoms with Crippen molar-refractivity contribution in [2.24, 2.45) is 0 Å². The Hall–Kier alpha value is -3.83. The SMILES string of the molecule is COC(=O)c1ccc(NC(=O)c2sc3nc(C)cc(=O)n3c2C(=O)Nc2ccc(Br)cc2)cc1. The van der Waals surface area contributed by atoms with Gasteiger partial charge < -0.3 is 15.4 Å². The van der Waals surface area contributed by atoms with Crippen LogP contribution in [0.2, 0.25) is 0 Å². The molecular formula is C23H17BrN4O5S. The van der Waals surface area contributed by atoms with E-state index in [0.717, 1.165) is 20.2 Å². The Labute approximate surface area is 205 Å². The average molecular weight is 541 g/mol. The molecule has 2 heterocycles. The third kappa shape index (κ3) is 4.75. The number of amides is 2. The Bertz CT molecular complexity index is 1480. The molecule has 0 aliphatic carbocycles. The smallest absolute Gasteiger partial charge is 0.337 e. The standard InChI is InChI=1S/C23H17BrN4O5S/c1-12-11-17(29)28-18(20(30)26-16-9-5-14(24)6-10-16)19(34-23(28)25-12)21(31)27-15-7-3-13(4-8-15)22(32)33-2/h3-11H,1-2H3,(H,26,30)(H,27,31). The van der Waals surface area contributed by atoms with Gasteiger partial charge in [-0.1, -0.05) is 27.3 Å².